The lowest BCUT2D eigenvalue weighted by Crippen LogP contribution is -2.39. The zero-order valence-electron chi connectivity index (χ0n) is 18.7. The van der Waals surface area contributed by atoms with E-state index < -0.39 is 10.0 Å². The maximum absolute atomic E-state index is 13.0. The molecule has 0 spiro atoms. The van der Waals surface area contributed by atoms with E-state index in [0.29, 0.717) is 30.6 Å². The summed E-state index contributed by atoms with van der Waals surface area (Å²) in [4.78, 5) is 5.06. The first kappa shape index (κ1) is 22.9. The fourth-order valence-corrected chi connectivity index (χ4v) is 6.24. The fourth-order valence-electron chi connectivity index (χ4n) is 4.47. The number of imidazole rings is 1. The first-order valence-electron chi connectivity index (χ1n) is 11.4. The lowest BCUT2D eigenvalue weighted by molar-refractivity contribution is 0.244. The second-order valence-electron chi connectivity index (χ2n) is 8.53. The van der Waals surface area contributed by atoms with Gasteiger partial charge in [0.2, 0.25) is 10.0 Å². The number of para-hydroxylation sites is 3. The molecule has 176 valence electrons. The van der Waals surface area contributed by atoms with E-state index in [0.717, 1.165) is 42.0 Å². The maximum Gasteiger partial charge on any atom is 0.243 e. The van der Waals surface area contributed by atoms with Crippen LogP contribution in [0.15, 0.2) is 83.8 Å². The third-order valence-corrected chi connectivity index (χ3v) is 8.42. The molecule has 34 heavy (non-hydrogen) atoms. The van der Waals surface area contributed by atoms with Crippen molar-refractivity contribution in [2.75, 3.05) is 13.1 Å². The molecular weight excluding hydrogens is 470 g/mol. The number of ether oxygens (including phenoxy) is 1. The van der Waals surface area contributed by atoms with Gasteiger partial charge in [-0.25, -0.2) is 13.4 Å². The first-order valence-corrected chi connectivity index (χ1v) is 13.2. The van der Waals surface area contributed by atoms with E-state index in [4.69, 9.17) is 21.3 Å². The summed E-state index contributed by atoms with van der Waals surface area (Å²) in [7, 11) is -3.54. The van der Waals surface area contributed by atoms with Gasteiger partial charge < -0.3 is 9.30 Å². The Morgan fingerprint density at radius 3 is 2.44 bits per heavy atom. The number of rotatable bonds is 7. The van der Waals surface area contributed by atoms with Crippen LogP contribution in [0, 0.1) is 5.92 Å². The SMILES string of the molecule is O=S(=O)(c1cccc(Cl)c1)N1CCC(Cn2c(COc3ccccc3)nc3ccccc32)CC1. The van der Waals surface area contributed by atoms with Gasteiger partial charge in [0.1, 0.15) is 18.2 Å². The molecule has 0 atom stereocenters. The molecule has 6 nitrogen and oxygen atoms in total. The van der Waals surface area contributed by atoms with E-state index in [1.165, 1.54) is 6.07 Å². The fraction of sp³-hybridized carbons (Fsp3) is 0.269. The Morgan fingerprint density at radius 2 is 1.68 bits per heavy atom. The van der Waals surface area contributed by atoms with E-state index in [1.807, 2.05) is 48.5 Å². The molecule has 1 fully saturated rings. The Balaban J connectivity index is 1.30. The largest absolute Gasteiger partial charge is 0.486 e. The monoisotopic (exact) mass is 495 g/mol. The summed E-state index contributed by atoms with van der Waals surface area (Å²) in [5.41, 5.74) is 2.01. The lowest BCUT2D eigenvalue weighted by atomic mass is 9.98. The van der Waals surface area contributed by atoms with Crippen LogP contribution < -0.4 is 4.74 Å². The number of hydrogen-bond donors (Lipinski definition) is 0. The minimum Gasteiger partial charge on any atom is -0.486 e. The molecule has 1 aromatic heterocycles. The molecule has 5 rings (SSSR count). The number of piperidine rings is 1. The molecule has 1 saturated heterocycles. The average molecular weight is 496 g/mol. The van der Waals surface area contributed by atoms with Crippen molar-refractivity contribution in [1.29, 1.82) is 0 Å². The average Bonchev–Trinajstić information content (AvgIpc) is 3.21. The highest BCUT2D eigenvalue weighted by atomic mass is 35.5. The highest BCUT2D eigenvalue weighted by Gasteiger charge is 2.30. The van der Waals surface area contributed by atoms with Crippen LogP contribution in [0.5, 0.6) is 5.75 Å². The van der Waals surface area contributed by atoms with Crippen molar-refractivity contribution in [1.82, 2.24) is 13.9 Å². The minimum atomic E-state index is -3.54. The molecule has 0 radical (unpaired) electrons. The van der Waals surface area contributed by atoms with Gasteiger partial charge in [-0.2, -0.15) is 4.31 Å². The second-order valence-corrected chi connectivity index (χ2v) is 10.9. The van der Waals surface area contributed by atoms with Crippen LogP contribution in [0.2, 0.25) is 5.02 Å². The van der Waals surface area contributed by atoms with E-state index in [9.17, 15) is 8.42 Å². The number of hydrogen-bond acceptors (Lipinski definition) is 4. The third-order valence-electron chi connectivity index (χ3n) is 6.29. The third kappa shape index (κ3) is 4.82. The minimum absolute atomic E-state index is 0.249. The Labute approximate surface area is 204 Å². The van der Waals surface area contributed by atoms with Crippen LogP contribution in [0.3, 0.4) is 0 Å². The topological polar surface area (TPSA) is 64.4 Å². The molecule has 0 N–H and O–H groups in total. The maximum atomic E-state index is 13.0. The Bertz CT molecular complexity index is 1380. The Kier molecular flexibility index (Phi) is 6.59. The van der Waals surface area contributed by atoms with Crippen LogP contribution in [0.1, 0.15) is 18.7 Å². The molecule has 1 aliphatic heterocycles. The van der Waals surface area contributed by atoms with Crippen molar-refractivity contribution in [2.45, 2.75) is 30.9 Å². The van der Waals surface area contributed by atoms with Crippen molar-refractivity contribution < 1.29 is 13.2 Å². The smallest absolute Gasteiger partial charge is 0.243 e. The number of benzene rings is 3. The number of nitrogens with zero attached hydrogens (tertiary/aromatic N) is 3. The summed E-state index contributed by atoms with van der Waals surface area (Å²) in [6.07, 6.45) is 1.57. The van der Waals surface area contributed by atoms with Gasteiger partial charge in [-0.15, -0.1) is 0 Å². The molecule has 8 heteroatoms. The molecule has 2 heterocycles. The zero-order valence-corrected chi connectivity index (χ0v) is 20.3. The van der Waals surface area contributed by atoms with E-state index >= 15 is 0 Å². The molecule has 0 aliphatic carbocycles. The van der Waals surface area contributed by atoms with Crippen molar-refractivity contribution >= 4 is 32.7 Å². The number of sulfonamides is 1. The normalized spacial score (nSPS) is 15.6. The van der Waals surface area contributed by atoms with Crippen LogP contribution in [-0.4, -0.2) is 35.4 Å². The summed E-state index contributed by atoms with van der Waals surface area (Å²) in [5.74, 6) is 2.03. The highest BCUT2D eigenvalue weighted by Crippen LogP contribution is 2.28. The first-order chi connectivity index (χ1) is 16.5. The van der Waals surface area contributed by atoms with E-state index in [2.05, 4.69) is 10.6 Å². The molecule has 0 bridgehead atoms. The number of fused-ring (bicyclic) bond motifs is 1. The van der Waals surface area contributed by atoms with Crippen LogP contribution in [0.25, 0.3) is 11.0 Å². The molecule has 0 saturated carbocycles. The lowest BCUT2D eigenvalue weighted by Gasteiger charge is -2.31. The van der Waals surface area contributed by atoms with Crippen molar-refractivity contribution in [3.8, 4) is 5.75 Å². The van der Waals surface area contributed by atoms with Gasteiger partial charge in [0.25, 0.3) is 0 Å². The molecule has 0 amide bonds. The summed E-state index contributed by atoms with van der Waals surface area (Å²) in [6.45, 7) is 2.13. The summed E-state index contributed by atoms with van der Waals surface area (Å²) < 4.78 is 35.9. The van der Waals surface area contributed by atoms with Gasteiger partial charge in [0, 0.05) is 24.7 Å². The zero-order chi connectivity index (χ0) is 23.5. The molecule has 3 aromatic carbocycles. The van der Waals surface area contributed by atoms with Crippen LogP contribution >= 0.6 is 11.6 Å². The van der Waals surface area contributed by atoms with E-state index in [1.54, 1.807) is 22.5 Å². The van der Waals surface area contributed by atoms with Gasteiger partial charge in [0.05, 0.1) is 15.9 Å². The molecule has 1 aliphatic rings. The Morgan fingerprint density at radius 1 is 0.941 bits per heavy atom. The van der Waals surface area contributed by atoms with Crippen molar-refractivity contribution in [3.05, 3.63) is 89.7 Å². The Hall–Kier alpha value is -2.87. The highest BCUT2D eigenvalue weighted by molar-refractivity contribution is 7.89. The van der Waals surface area contributed by atoms with Gasteiger partial charge in [0.15, 0.2) is 0 Å². The van der Waals surface area contributed by atoms with Gasteiger partial charge in [-0.3, -0.25) is 0 Å². The standard InChI is InChI=1S/C26H26ClN3O3S/c27-21-7-6-10-23(17-21)34(31,32)29-15-13-20(14-16-29)18-30-25-12-5-4-11-24(25)28-26(30)19-33-22-8-2-1-3-9-22/h1-12,17,20H,13-16,18-19H2. The van der Waals surface area contributed by atoms with Gasteiger partial charge in [-0.05, 0) is 61.2 Å². The van der Waals surface area contributed by atoms with Gasteiger partial charge in [-0.1, -0.05) is 48.0 Å². The van der Waals surface area contributed by atoms with E-state index in [-0.39, 0.29) is 4.90 Å². The number of aromatic nitrogens is 2. The number of halogens is 1. The summed E-state index contributed by atoms with van der Waals surface area (Å²) in [5, 5.41) is 0.424. The van der Waals surface area contributed by atoms with Crippen LogP contribution in [0.4, 0.5) is 0 Å². The quantitative estimate of drug-likeness (QED) is 0.346. The second kappa shape index (κ2) is 9.78. The van der Waals surface area contributed by atoms with Crippen LogP contribution in [-0.2, 0) is 23.2 Å². The van der Waals surface area contributed by atoms with Crippen molar-refractivity contribution in [2.24, 2.45) is 5.92 Å². The predicted molar refractivity (Wildman–Crippen MR) is 133 cm³/mol. The van der Waals surface area contributed by atoms with Crippen molar-refractivity contribution in [3.63, 3.8) is 0 Å². The molecular formula is C26H26ClN3O3S. The predicted octanol–water partition coefficient (Wildman–Crippen LogP) is 5.37. The molecule has 0 unspecified atom stereocenters. The van der Waals surface area contributed by atoms with Gasteiger partial charge >= 0.3 is 0 Å². The summed E-state index contributed by atoms with van der Waals surface area (Å²) >= 11 is 6.02. The molecule has 4 aromatic rings. The summed E-state index contributed by atoms with van der Waals surface area (Å²) in [6, 6.07) is 24.3.